The molecule has 0 aliphatic heterocycles. The molecule has 0 spiro atoms. The zero-order valence-electron chi connectivity index (χ0n) is 10.3. The quantitative estimate of drug-likeness (QED) is 0.449. The normalized spacial score (nSPS) is 10.2. The van der Waals surface area contributed by atoms with Gasteiger partial charge in [-0.2, -0.15) is 0 Å². The smallest absolute Gasteiger partial charge is 0.221 e. The number of nitrogens with two attached hydrogens (primary N) is 1. The summed E-state index contributed by atoms with van der Waals surface area (Å²) in [6.45, 7) is 1.50. The Labute approximate surface area is 119 Å². The van der Waals surface area contributed by atoms with Crippen LogP contribution in [-0.2, 0) is 10.5 Å². The van der Waals surface area contributed by atoms with E-state index in [1.807, 2.05) is 30.5 Å². The number of benzene rings is 1. The third-order valence-electron chi connectivity index (χ3n) is 2.23. The minimum Gasteiger partial charge on any atom is -0.326 e. The van der Waals surface area contributed by atoms with Crippen molar-refractivity contribution in [3.05, 3.63) is 35.3 Å². The number of hydrogen-bond donors (Lipinski definition) is 3. The molecule has 0 fully saturated rings. The molecular weight excluding hydrogens is 280 g/mol. The summed E-state index contributed by atoms with van der Waals surface area (Å²) >= 11 is 3.25. The lowest BCUT2D eigenvalue weighted by atomic mass is 10.3. The molecular formula is C12H14N4OS2. The number of hydrogen-bond acceptors (Lipinski definition) is 6. The van der Waals surface area contributed by atoms with E-state index in [-0.39, 0.29) is 5.91 Å². The van der Waals surface area contributed by atoms with Crippen molar-refractivity contribution in [1.29, 1.82) is 0 Å². The number of nitrogens with one attached hydrogen (secondary N) is 2. The van der Waals surface area contributed by atoms with E-state index in [0.717, 1.165) is 26.3 Å². The van der Waals surface area contributed by atoms with Crippen LogP contribution in [0.2, 0.25) is 0 Å². The van der Waals surface area contributed by atoms with E-state index in [4.69, 9.17) is 5.84 Å². The fraction of sp³-hybridized carbons (Fsp3) is 0.167. The molecule has 7 heteroatoms. The largest absolute Gasteiger partial charge is 0.326 e. The molecule has 1 heterocycles. The van der Waals surface area contributed by atoms with Gasteiger partial charge in [-0.15, -0.1) is 23.1 Å². The molecule has 0 unspecified atom stereocenters. The van der Waals surface area contributed by atoms with Crippen LogP contribution in [0.4, 0.5) is 10.8 Å². The van der Waals surface area contributed by atoms with Gasteiger partial charge in [0.1, 0.15) is 0 Å². The number of rotatable bonds is 5. The molecule has 2 rings (SSSR count). The summed E-state index contributed by atoms with van der Waals surface area (Å²) in [6.07, 6.45) is 1.82. The minimum atomic E-state index is -0.0631. The highest BCUT2D eigenvalue weighted by Gasteiger charge is 2.02. The van der Waals surface area contributed by atoms with Gasteiger partial charge in [-0.1, -0.05) is 0 Å². The van der Waals surface area contributed by atoms with E-state index in [9.17, 15) is 4.79 Å². The van der Waals surface area contributed by atoms with Crippen molar-refractivity contribution < 1.29 is 4.79 Å². The van der Waals surface area contributed by atoms with Gasteiger partial charge in [0, 0.05) is 34.3 Å². The number of carbonyl (C=O) groups excluding carboxylic acids is 1. The maximum Gasteiger partial charge on any atom is 0.221 e. The molecule has 0 bridgehead atoms. The summed E-state index contributed by atoms with van der Waals surface area (Å²) in [6, 6.07) is 7.75. The van der Waals surface area contributed by atoms with Gasteiger partial charge < -0.3 is 5.32 Å². The topological polar surface area (TPSA) is 80.0 Å². The first kappa shape index (κ1) is 13.9. The fourth-order valence-corrected chi connectivity index (χ4v) is 3.08. The molecule has 100 valence electrons. The Kier molecular flexibility index (Phi) is 4.78. The van der Waals surface area contributed by atoms with Gasteiger partial charge in [0.05, 0.1) is 0 Å². The number of anilines is 2. The molecule has 0 aliphatic carbocycles. The molecule has 0 saturated carbocycles. The molecule has 2 aromatic rings. The first-order valence-electron chi connectivity index (χ1n) is 5.59. The van der Waals surface area contributed by atoms with E-state index < -0.39 is 0 Å². The summed E-state index contributed by atoms with van der Waals surface area (Å²) in [5.41, 5.74) is 3.34. The molecule has 19 heavy (non-hydrogen) atoms. The molecule has 5 nitrogen and oxygen atoms in total. The number of amides is 1. The van der Waals surface area contributed by atoms with Crippen molar-refractivity contribution >= 4 is 39.8 Å². The Morgan fingerprint density at radius 2 is 2.16 bits per heavy atom. The predicted octanol–water partition coefficient (Wildman–Crippen LogP) is 2.68. The number of aromatic nitrogens is 1. The van der Waals surface area contributed by atoms with Crippen LogP contribution >= 0.6 is 23.1 Å². The lowest BCUT2D eigenvalue weighted by Crippen LogP contribution is -2.05. The first-order valence-corrected chi connectivity index (χ1v) is 7.39. The second-order valence-corrected chi connectivity index (χ2v) is 5.93. The molecule has 0 aliphatic rings. The summed E-state index contributed by atoms with van der Waals surface area (Å²) < 4.78 is 0. The molecule has 1 aromatic carbocycles. The van der Waals surface area contributed by atoms with Gasteiger partial charge in [0.2, 0.25) is 5.91 Å². The number of nitrogen functional groups attached to an aromatic ring is 1. The first-order chi connectivity index (χ1) is 9.17. The maximum absolute atomic E-state index is 10.9. The Hall–Kier alpha value is -1.57. The second-order valence-electron chi connectivity index (χ2n) is 3.77. The molecule has 0 atom stereocenters. The van der Waals surface area contributed by atoms with Gasteiger partial charge >= 0.3 is 0 Å². The van der Waals surface area contributed by atoms with Crippen LogP contribution in [-0.4, -0.2) is 10.9 Å². The summed E-state index contributed by atoms with van der Waals surface area (Å²) in [5.74, 6) is 6.07. The SMILES string of the molecule is CC(=O)Nc1ccc(SCc2cnc(NN)s2)cc1. The van der Waals surface area contributed by atoms with Crippen molar-refractivity contribution in [3.8, 4) is 0 Å². The molecule has 1 amide bonds. The molecule has 0 saturated heterocycles. The van der Waals surface area contributed by atoms with Gasteiger partial charge in [0.15, 0.2) is 5.13 Å². The standard InChI is InChI=1S/C12H14N4OS2/c1-8(17)15-9-2-4-10(5-3-9)18-7-11-6-14-12(16-13)19-11/h2-6H,7,13H2,1H3,(H,14,16)(H,15,17). The van der Waals surface area contributed by atoms with Gasteiger partial charge in [-0.25, -0.2) is 10.8 Å². The summed E-state index contributed by atoms with van der Waals surface area (Å²) in [5, 5.41) is 3.46. The van der Waals surface area contributed by atoms with E-state index >= 15 is 0 Å². The van der Waals surface area contributed by atoms with Gasteiger partial charge in [0.25, 0.3) is 0 Å². The Morgan fingerprint density at radius 3 is 2.74 bits per heavy atom. The zero-order valence-corrected chi connectivity index (χ0v) is 12.0. The number of nitrogens with zero attached hydrogens (tertiary/aromatic N) is 1. The third-order valence-corrected chi connectivity index (χ3v) is 4.40. The van der Waals surface area contributed by atoms with Gasteiger partial charge in [-0.3, -0.25) is 10.2 Å². The minimum absolute atomic E-state index is 0.0631. The van der Waals surface area contributed by atoms with Crippen LogP contribution in [0.15, 0.2) is 35.4 Å². The average Bonchev–Trinajstić information content (AvgIpc) is 2.85. The van der Waals surface area contributed by atoms with Crippen LogP contribution in [0.1, 0.15) is 11.8 Å². The lowest BCUT2D eigenvalue weighted by Gasteiger charge is -2.03. The fourth-order valence-electron chi connectivity index (χ4n) is 1.43. The van der Waals surface area contributed by atoms with E-state index in [1.165, 1.54) is 18.3 Å². The van der Waals surface area contributed by atoms with Crippen molar-refractivity contribution in [2.75, 3.05) is 10.7 Å². The van der Waals surface area contributed by atoms with Crippen molar-refractivity contribution in [2.24, 2.45) is 5.84 Å². The third kappa shape index (κ3) is 4.23. The van der Waals surface area contributed by atoms with Crippen molar-refractivity contribution in [1.82, 2.24) is 4.98 Å². The van der Waals surface area contributed by atoms with Gasteiger partial charge in [-0.05, 0) is 24.3 Å². The Balaban J connectivity index is 1.90. The van der Waals surface area contributed by atoms with E-state index in [2.05, 4.69) is 15.7 Å². The number of carbonyl (C=O) groups is 1. The Morgan fingerprint density at radius 1 is 1.42 bits per heavy atom. The van der Waals surface area contributed by atoms with Crippen molar-refractivity contribution in [3.63, 3.8) is 0 Å². The van der Waals surface area contributed by atoms with Crippen LogP contribution in [0.3, 0.4) is 0 Å². The number of thiazole rings is 1. The van der Waals surface area contributed by atoms with Crippen molar-refractivity contribution in [2.45, 2.75) is 17.6 Å². The highest BCUT2D eigenvalue weighted by molar-refractivity contribution is 7.98. The maximum atomic E-state index is 10.9. The van der Waals surface area contributed by atoms with Crippen LogP contribution in [0.5, 0.6) is 0 Å². The zero-order chi connectivity index (χ0) is 13.7. The summed E-state index contributed by atoms with van der Waals surface area (Å²) in [4.78, 5) is 17.3. The highest BCUT2D eigenvalue weighted by Crippen LogP contribution is 2.27. The van der Waals surface area contributed by atoms with Crippen LogP contribution in [0.25, 0.3) is 0 Å². The molecule has 4 N–H and O–H groups in total. The monoisotopic (exact) mass is 294 g/mol. The lowest BCUT2D eigenvalue weighted by molar-refractivity contribution is -0.114. The van der Waals surface area contributed by atoms with Crippen LogP contribution < -0.4 is 16.6 Å². The molecule has 0 radical (unpaired) electrons. The predicted molar refractivity (Wildman–Crippen MR) is 80.2 cm³/mol. The van der Waals surface area contributed by atoms with E-state index in [0.29, 0.717) is 0 Å². The molecule has 1 aromatic heterocycles. The average molecular weight is 294 g/mol. The number of hydrazine groups is 1. The van der Waals surface area contributed by atoms with E-state index in [1.54, 1.807) is 11.8 Å². The second kappa shape index (κ2) is 6.55. The summed E-state index contributed by atoms with van der Waals surface area (Å²) in [7, 11) is 0. The number of thioether (sulfide) groups is 1. The highest BCUT2D eigenvalue weighted by atomic mass is 32.2. The Bertz CT molecular complexity index is 553. The van der Waals surface area contributed by atoms with Crippen LogP contribution in [0, 0.1) is 0 Å².